The number of benzene rings is 2. The topological polar surface area (TPSA) is 85.8 Å². The van der Waals surface area contributed by atoms with E-state index in [-0.39, 0.29) is 11.2 Å². The van der Waals surface area contributed by atoms with E-state index in [9.17, 15) is 18.0 Å². The number of hydrogen-bond donors (Lipinski definition) is 2. The van der Waals surface area contributed by atoms with Gasteiger partial charge in [-0.05, 0) is 91.3 Å². The fourth-order valence-corrected chi connectivity index (χ4v) is 4.98. The zero-order valence-corrected chi connectivity index (χ0v) is 20.2. The number of pyridine rings is 1. The first-order valence-electron chi connectivity index (χ1n) is 11.8. The van der Waals surface area contributed by atoms with E-state index in [0.717, 1.165) is 59.0 Å². The third-order valence-corrected chi connectivity index (χ3v) is 6.73. The second-order valence-corrected chi connectivity index (χ2v) is 9.37. The molecule has 2 heterocycles. The van der Waals surface area contributed by atoms with Crippen molar-refractivity contribution in [2.75, 3.05) is 11.1 Å². The highest BCUT2D eigenvalue weighted by molar-refractivity contribution is 5.97. The van der Waals surface area contributed by atoms with Gasteiger partial charge >= 0.3 is 6.18 Å². The van der Waals surface area contributed by atoms with Crippen molar-refractivity contribution in [3.63, 3.8) is 0 Å². The molecule has 0 aliphatic heterocycles. The zero-order chi connectivity index (χ0) is 25.8. The Morgan fingerprint density at radius 3 is 2.56 bits per heavy atom. The molecule has 1 aliphatic carbocycles. The summed E-state index contributed by atoms with van der Waals surface area (Å²) in [6.07, 6.45) is 0.112. The van der Waals surface area contributed by atoms with Crippen molar-refractivity contribution >= 4 is 22.4 Å². The average molecular weight is 494 g/mol. The molecule has 0 saturated carbocycles. The number of alkyl halides is 3. The maximum Gasteiger partial charge on any atom is 0.416 e. The molecule has 2 aromatic heterocycles. The first kappa shape index (κ1) is 23.8. The lowest BCUT2D eigenvalue weighted by molar-refractivity contribution is -0.137. The van der Waals surface area contributed by atoms with Crippen molar-refractivity contribution in [2.45, 2.75) is 45.3 Å². The van der Waals surface area contributed by atoms with Gasteiger partial charge in [0.15, 0.2) is 0 Å². The summed E-state index contributed by atoms with van der Waals surface area (Å²) in [5, 5.41) is 4.10. The number of nitrogen functional groups attached to an aromatic ring is 1. The van der Waals surface area contributed by atoms with E-state index >= 15 is 0 Å². The molecule has 9 heteroatoms. The van der Waals surface area contributed by atoms with Gasteiger partial charge in [0, 0.05) is 30.4 Å². The molecule has 0 spiro atoms. The summed E-state index contributed by atoms with van der Waals surface area (Å²) < 4.78 is 41.7. The van der Waals surface area contributed by atoms with Crippen molar-refractivity contribution in [3.8, 4) is 11.1 Å². The van der Waals surface area contributed by atoms with Crippen LogP contribution in [0.3, 0.4) is 0 Å². The summed E-state index contributed by atoms with van der Waals surface area (Å²) in [6, 6.07) is 8.47. The predicted molar refractivity (Wildman–Crippen MR) is 135 cm³/mol. The number of nitrogens with two attached hydrogens (primary N) is 1. The summed E-state index contributed by atoms with van der Waals surface area (Å²) in [7, 11) is 1.72. The van der Waals surface area contributed by atoms with Crippen molar-refractivity contribution in [3.05, 3.63) is 81.0 Å². The fourth-order valence-electron chi connectivity index (χ4n) is 4.98. The van der Waals surface area contributed by atoms with Crippen LogP contribution in [0.2, 0.25) is 0 Å². The summed E-state index contributed by atoms with van der Waals surface area (Å²) in [6.45, 7) is 3.58. The minimum absolute atomic E-state index is 0.0481. The molecule has 0 fully saturated rings. The van der Waals surface area contributed by atoms with Gasteiger partial charge in [0.25, 0.3) is 0 Å². The summed E-state index contributed by atoms with van der Waals surface area (Å²) in [4.78, 5) is 21.3. The monoisotopic (exact) mass is 493 g/mol. The van der Waals surface area contributed by atoms with Crippen LogP contribution in [-0.4, -0.2) is 14.5 Å². The highest BCUT2D eigenvalue weighted by Crippen LogP contribution is 2.40. The van der Waals surface area contributed by atoms with Crippen molar-refractivity contribution in [1.82, 2.24) is 14.5 Å². The molecule has 1 aliphatic rings. The van der Waals surface area contributed by atoms with Crippen LogP contribution in [0, 0.1) is 6.92 Å². The molecule has 0 bridgehead atoms. The summed E-state index contributed by atoms with van der Waals surface area (Å²) in [5.74, 6) is 1.12. The van der Waals surface area contributed by atoms with Gasteiger partial charge in [0.1, 0.15) is 11.6 Å². The fraction of sp³-hybridized carbons (Fsp3) is 0.296. The second-order valence-electron chi connectivity index (χ2n) is 9.37. The van der Waals surface area contributed by atoms with Gasteiger partial charge in [0.05, 0.1) is 17.1 Å². The molecule has 0 saturated heterocycles. The lowest BCUT2D eigenvalue weighted by Crippen LogP contribution is -2.14. The van der Waals surface area contributed by atoms with Crippen LogP contribution in [0.5, 0.6) is 0 Å². The average Bonchev–Trinajstić information content (AvgIpc) is 3.30. The van der Waals surface area contributed by atoms with Gasteiger partial charge in [-0.25, -0.2) is 9.97 Å². The maximum atomic E-state index is 13.4. The maximum absolute atomic E-state index is 13.4. The molecule has 6 nitrogen and oxygen atoms in total. The van der Waals surface area contributed by atoms with Crippen LogP contribution in [0.1, 0.15) is 47.5 Å². The number of hydrogen-bond acceptors (Lipinski definition) is 5. The number of aromatic nitrogens is 3. The predicted octanol–water partition coefficient (Wildman–Crippen LogP) is 5.57. The third kappa shape index (κ3) is 4.29. The number of rotatable bonds is 4. The molecule has 36 heavy (non-hydrogen) atoms. The molecule has 1 atom stereocenters. The number of nitrogens with zero attached hydrogens (tertiary/aromatic N) is 3. The van der Waals surface area contributed by atoms with E-state index in [4.69, 9.17) is 10.7 Å². The Labute approximate surface area is 206 Å². The number of aryl methyl sites for hydroxylation is 3. The Bertz CT molecular complexity index is 1560. The van der Waals surface area contributed by atoms with E-state index < -0.39 is 17.8 Å². The van der Waals surface area contributed by atoms with Gasteiger partial charge in [0.2, 0.25) is 5.56 Å². The molecular weight excluding hydrogens is 467 g/mol. The van der Waals surface area contributed by atoms with Crippen LogP contribution < -0.4 is 16.6 Å². The van der Waals surface area contributed by atoms with Gasteiger partial charge in [-0.2, -0.15) is 13.2 Å². The standard InChI is InChI=1S/C27H26F3N5O/c1-14(17-9-18(27(28,29)30)11-19(31)10-17)32-26-23-12-22(16-7-8-24(36)35(3)13-16)20-5-4-6-21(20)25(23)33-15(2)34-26/h7-14H,4-6,31H2,1-3H3,(H,32,33,34)/t14-/m1/s1. The van der Waals surface area contributed by atoms with Crippen LogP contribution in [0.25, 0.3) is 22.0 Å². The SMILES string of the molecule is Cc1nc(N[C@H](C)c2cc(N)cc(C(F)(F)F)c2)c2cc(-c3ccc(=O)n(C)c3)c3c(c2n1)CCC3. The zero-order valence-electron chi connectivity index (χ0n) is 20.2. The van der Waals surface area contributed by atoms with E-state index in [1.807, 2.05) is 18.3 Å². The molecule has 2 aromatic carbocycles. The largest absolute Gasteiger partial charge is 0.416 e. The Kier molecular flexibility index (Phi) is 5.73. The molecule has 0 radical (unpaired) electrons. The van der Waals surface area contributed by atoms with Gasteiger partial charge in [-0.15, -0.1) is 0 Å². The summed E-state index contributed by atoms with van der Waals surface area (Å²) >= 11 is 0. The lowest BCUT2D eigenvalue weighted by Gasteiger charge is -2.20. The molecule has 0 amide bonds. The smallest absolute Gasteiger partial charge is 0.399 e. The first-order valence-corrected chi connectivity index (χ1v) is 11.8. The molecule has 0 unspecified atom stereocenters. The first-order chi connectivity index (χ1) is 17.0. The molecule has 186 valence electrons. The Hall–Kier alpha value is -3.88. The highest BCUT2D eigenvalue weighted by Gasteiger charge is 2.31. The molecule has 3 N–H and O–H groups in total. The van der Waals surface area contributed by atoms with Gasteiger partial charge in [-0.3, -0.25) is 4.79 Å². The van der Waals surface area contributed by atoms with Crippen LogP contribution in [0.4, 0.5) is 24.7 Å². The van der Waals surface area contributed by atoms with E-state index in [1.165, 1.54) is 11.6 Å². The molecule has 4 aromatic rings. The minimum atomic E-state index is -4.49. The molecular formula is C27H26F3N5O. The van der Waals surface area contributed by atoms with Crippen molar-refractivity contribution < 1.29 is 13.2 Å². The second kappa shape index (κ2) is 8.65. The van der Waals surface area contributed by atoms with Crippen molar-refractivity contribution in [2.24, 2.45) is 7.05 Å². The summed E-state index contributed by atoms with van der Waals surface area (Å²) in [5.41, 5.74) is 10.5. The van der Waals surface area contributed by atoms with Gasteiger partial charge < -0.3 is 15.6 Å². The minimum Gasteiger partial charge on any atom is -0.399 e. The van der Waals surface area contributed by atoms with Gasteiger partial charge in [-0.1, -0.05) is 0 Å². The van der Waals surface area contributed by atoms with Crippen molar-refractivity contribution in [1.29, 1.82) is 0 Å². The van der Waals surface area contributed by atoms with Crippen LogP contribution in [0.15, 0.2) is 47.4 Å². The number of fused-ring (bicyclic) bond motifs is 3. The Morgan fingerprint density at radius 1 is 1.08 bits per heavy atom. The highest BCUT2D eigenvalue weighted by atomic mass is 19.4. The number of anilines is 2. The normalized spacial score (nSPS) is 14.2. The Morgan fingerprint density at radius 2 is 1.83 bits per heavy atom. The van der Waals surface area contributed by atoms with E-state index in [2.05, 4.69) is 10.3 Å². The molecule has 5 rings (SSSR count). The number of halogens is 3. The van der Waals surface area contributed by atoms with E-state index in [1.54, 1.807) is 31.5 Å². The third-order valence-electron chi connectivity index (χ3n) is 6.73. The quantitative estimate of drug-likeness (QED) is 0.363. The van der Waals surface area contributed by atoms with E-state index in [0.29, 0.717) is 17.2 Å². The number of nitrogens with one attached hydrogen (secondary N) is 1. The Balaban J connectivity index is 1.65. The van der Waals surface area contributed by atoms with Crippen LogP contribution >= 0.6 is 0 Å². The lowest BCUT2D eigenvalue weighted by atomic mass is 9.94. The van der Waals surface area contributed by atoms with Crippen LogP contribution in [-0.2, 0) is 26.1 Å².